The Morgan fingerprint density at radius 1 is 1.55 bits per heavy atom. The summed E-state index contributed by atoms with van der Waals surface area (Å²) in [6.45, 7) is 0. The molecule has 0 aliphatic rings. The first-order valence-electron chi connectivity index (χ1n) is 2.85. The molecule has 0 aliphatic carbocycles. The van der Waals surface area contributed by atoms with E-state index >= 15 is 0 Å². The zero-order valence-corrected chi connectivity index (χ0v) is 6.23. The standard InChI is InChI=1S/C7H5ClFNO/c8-6-2-5(9)1-4(3-11)7(6)10/h1-3H,10H2. The quantitative estimate of drug-likeness (QED) is 0.521. The van der Waals surface area contributed by atoms with Crippen molar-refractivity contribution in [1.29, 1.82) is 0 Å². The molecule has 0 fully saturated rings. The van der Waals surface area contributed by atoms with Crippen molar-refractivity contribution >= 4 is 23.6 Å². The van der Waals surface area contributed by atoms with Crippen molar-refractivity contribution in [3.63, 3.8) is 0 Å². The lowest BCUT2D eigenvalue weighted by Crippen LogP contribution is -1.94. The van der Waals surface area contributed by atoms with Crippen LogP contribution < -0.4 is 5.73 Å². The molecule has 0 bridgehead atoms. The number of nitrogen functional groups attached to an aromatic ring is 1. The summed E-state index contributed by atoms with van der Waals surface area (Å²) in [6, 6.07) is 2.10. The molecule has 0 unspecified atom stereocenters. The number of hydrogen-bond acceptors (Lipinski definition) is 2. The van der Waals surface area contributed by atoms with Gasteiger partial charge >= 0.3 is 0 Å². The molecular formula is C7H5ClFNO. The summed E-state index contributed by atoms with van der Waals surface area (Å²) in [7, 11) is 0. The number of aldehydes is 1. The van der Waals surface area contributed by atoms with Crippen molar-refractivity contribution in [3.8, 4) is 0 Å². The predicted octanol–water partition coefficient (Wildman–Crippen LogP) is 1.87. The van der Waals surface area contributed by atoms with Crippen LogP contribution in [-0.2, 0) is 0 Å². The van der Waals surface area contributed by atoms with Gasteiger partial charge in [-0.1, -0.05) is 11.6 Å². The molecule has 0 aliphatic heterocycles. The molecule has 0 radical (unpaired) electrons. The molecular weight excluding hydrogens is 169 g/mol. The third kappa shape index (κ3) is 1.49. The summed E-state index contributed by atoms with van der Waals surface area (Å²) in [6.07, 6.45) is 0.463. The summed E-state index contributed by atoms with van der Waals surface area (Å²) >= 11 is 5.47. The maximum absolute atomic E-state index is 12.5. The van der Waals surface area contributed by atoms with Crippen LogP contribution >= 0.6 is 11.6 Å². The van der Waals surface area contributed by atoms with E-state index in [1.165, 1.54) is 0 Å². The first-order chi connectivity index (χ1) is 5.15. The van der Waals surface area contributed by atoms with E-state index in [4.69, 9.17) is 17.3 Å². The SMILES string of the molecule is Nc1c(Cl)cc(F)cc1C=O. The zero-order chi connectivity index (χ0) is 8.43. The van der Waals surface area contributed by atoms with Crippen LogP contribution in [0.15, 0.2) is 12.1 Å². The van der Waals surface area contributed by atoms with Gasteiger partial charge in [-0.2, -0.15) is 0 Å². The maximum Gasteiger partial charge on any atom is 0.152 e. The minimum atomic E-state index is -0.564. The molecule has 0 saturated carbocycles. The summed E-state index contributed by atoms with van der Waals surface area (Å²) in [5, 5.41) is 0.0621. The molecule has 4 heteroatoms. The Hall–Kier alpha value is -1.09. The van der Waals surface area contributed by atoms with E-state index < -0.39 is 5.82 Å². The molecule has 0 amide bonds. The van der Waals surface area contributed by atoms with Gasteiger partial charge < -0.3 is 5.73 Å². The highest BCUT2D eigenvalue weighted by Crippen LogP contribution is 2.22. The molecule has 2 N–H and O–H groups in total. The zero-order valence-electron chi connectivity index (χ0n) is 5.47. The monoisotopic (exact) mass is 173 g/mol. The molecule has 0 atom stereocenters. The summed E-state index contributed by atoms with van der Waals surface area (Å²) in [4.78, 5) is 10.2. The van der Waals surface area contributed by atoms with Gasteiger partial charge in [0.2, 0.25) is 0 Å². The Bertz CT molecular complexity index is 301. The Balaban J connectivity index is 3.35. The van der Waals surface area contributed by atoms with E-state index in [-0.39, 0.29) is 16.3 Å². The third-order valence-electron chi connectivity index (χ3n) is 1.25. The third-order valence-corrected chi connectivity index (χ3v) is 1.57. The van der Waals surface area contributed by atoms with Gasteiger partial charge in [0, 0.05) is 5.56 Å². The molecule has 0 spiro atoms. The summed E-state index contributed by atoms with van der Waals surface area (Å²) in [5.41, 5.74) is 5.52. The van der Waals surface area contributed by atoms with Crippen LogP contribution in [-0.4, -0.2) is 6.29 Å². The first-order valence-corrected chi connectivity index (χ1v) is 3.22. The van der Waals surface area contributed by atoms with Crippen LogP contribution in [0.5, 0.6) is 0 Å². The van der Waals surface area contributed by atoms with Gasteiger partial charge in [0.15, 0.2) is 6.29 Å². The van der Waals surface area contributed by atoms with Gasteiger partial charge in [0.1, 0.15) is 5.82 Å². The molecule has 1 rings (SSSR count). The molecule has 0 saturated heterocycles. The van der Waals surface area contributed by atoms with Crippen LogP contribution in [0.2, 0.25) is 5.02 Å². The van der Waals surface area contributed by atoms with Crippen LogP contribution in [0, 0.1) is 5.82 Å². The van der Waals surface area contributed by atoms with E-state index in [0.717, 1.165) is 12.1 Å². The normalized spacial score (nSPS) is 9.64. The first kappa shape index (κ1) is 8.01. The molecule has 1 aromatic rings. The number of carbonyl (C=O) groups excluding carboxylic acids is 1. The highest BCUT2D eigenvalue weighted by Gasteiger charge is 2.04. The Morgan fingerprint density at radius 3 is 2.73 bits per heavy atom. The van der Waals surface area contributed by atoms with Gasteiger partial charge in [-0.3, -0.25) is 4.79 Å². The fraction of sp³-hybridized carbons (Fsp3) is 0. The highest BCUT2D eigenvalue weighted by molar-refractivity contribution is 6.33. The fourth-order valence-electron chi connectivity index (χ4n) is 0.702. The molecule has 0 aromatic heterocycles. The number of anilines is 1. The number of benzene rings is 1. The van der Waals surface area contributed by atoms with Gasteiger partial charge in [0.25, 0.3) is 0 Å². The maximum atomic E-state index is 12.5. The second kappa shape index (κ2) is 2.88. The molecule has 1 aromatic carbocycles. The minimum absolute atomic E-state index is 0.0621. The van der Waals surface area contributed by atoms with Crippen molar-refractivity contribution in [2.45, 2.75) is 0 Å². The van der Waals surface area contributed by atoms with Crippen molar-refractivity contribution in [2.75, 3.05) is 5.73 Å². The molecule has 11 heavy (non-hydrogen) atoms. The van der Waals surface area contributed by atoms with E-state index in [1.54, 1.807) is 0 Å². The summed E-state index contributed by atoms with van der Waals surface area (Å²) < 4.78 is 12.5. The summed E-state index contributed by atoms with van der Waals surface area (Å²) in [5.74, 6) is -0.564. The number of nitrogens with two attached hydrogens (primary N) is 1. The van der Waals surface area contributed by atoms with Crippen LogP contribution in [0.25, 0.3) is 0 Å². The predicted molar refractivity (Wildman–Crippen MR) is 41.2 cm³/mol. The second-order valence-corrected chi connectivity index (χ2v) is 2.42. The lowest BCUT2D eigenvalue weighted by Gasteiger charge is -1.99. The highest BCUT2D eigenvalue weighted by atomic mass is 35.5. The topological polar surface area (TPSA) is 43.1 Å². The van der Waals surface area contributed by atoms with E-state index in [1.807, 2.05) is 0 Å². The van der Waals surface area contributed by atoms with Crippen molar-refractivity contribution in [2.24, 2.45) is 0 Å². The second-order valence-electron chi connectivity index (χ2n) is 2.01. The van der Waals surface area contributed by atoms with Gasteiger partial charge in [-0.05, 0) is 12.1 Å². The van der Waals surface area contributed by atoms with Gasteiger partial charge in [-0.25, -0.2) is 4.39 Å². The van der Waals surface area contributed by atoms with Gasteiger partial charge in [-0.15, -0.1) is 0 Å². The lowest BCUT2D eigenvalue weighted by molar-refractivity contribution is 0.112. The number of carbonyl (C=O) groups is 1. The molecule has 2 nitrogen and oxygen atoms in total. The number of halogens is 2. The smallest absolute Gasteiger partial charge is 0.152 e. The van der Waals surface area contributed by atoms with Crippen molar-refractivity contribution < 1.29 is 9.18 Å². The Labute approximate surface area is 67.8 Å². The minimum Gasteiger partial charge on any atom is -0.397 e. The largest absolute Gasteiger partial charge is 0.397 e. The van der Waals surface area contributed by atoms with Crippen molar-refractivity contribution in [1.82, 2.24) is 0 Å². The number of hydrogen-bond donors (Lipinski definition) is 1. The average molecular weight is 174 g/mol. The van der Waals surface area contributed by atoms with E-state index in [9.17, 15) is 9.18 Å². The van der Waals surface area contributed by atoms with Crippen LogP contribution in [0.4, 0.5) is 10.1 Å². The fourth-order valence-corrected chi connectivity index (χ4v) is 0.916. The lowest BCUT2D eigenvalue weighted by atomic mass is 10.2. The van der Waals surface area contributed by atoms with E-state index in [0.29, 0.717) is 6.29 Å². The average Bonchev–Trinajstić information content (AvgIpc) is 1.96. The van der Waals surface area contributed by atoms with Crippen LogP contribution in [0.1, 0.15) is 10.4 Å². The Kier molecular flexibility index (Phi) is 2.10. The van der Waals surface area contributed by atoms with Crippen LogP contribution in [0.3, 0.4) is 0 Å². The molecule has 58 valence electrons. The molecule has 0 heterocycles. The number of rotatable bonds is 1. The van der Waals surface area contributed by atoms with Crippen molar-refractivity contribution in [3.05, 3.63) is 28.5 Å². The Morgan fingerprint density at radius 2 is 2.18 bits per heavy atom. The van der Waals surface area contributed by atoms with Gasteiger partial charge in [0.05, 0.1) is 10.7 Å². The van der Waals surface area contributed by atoms with E-state index in [2.05, 4.69) is 0 Å².